The van der Waals surface area contributed by atoms with E-state index in [-0.39, 0.29) is 29.0 Å². The van der Waals surface area contributed by atoms with E-state index in [9.17, 15) is 18.0 Å². The van der Waals surface area contributed by atoms with Gasteiger partial charge in [-0.3, -0.25) is 9.59 Å². The summed E-state index contributed by atoms with van der Waals surface area (Å²) in [6.45, 7) is 0.131. The number of hydrogen-bond donors (Lipinski definition) is 2. The van der Waals surface area contributed by atoms with Crippen LogP contribution in [0.4, 0.5) is 11.4 Å². The van der Waals surface area contributed by atoms with Crippen LogP contribution in [0.1, 0.15) is 24.0 Å². The number of hydrogen-bond acceptors (Lipinski definition) is 5. The second-order valence-electron chi connectivity index (χ2n) is 8.30. The Hall–Kier alpha value is -3.01. The van der Waals surface area contributed by atoms with E-state index < -0.39 is 22.0 Å². The van der Waals surface area contributed by atoms with Crippen molar-refractivity contribution >= 4 is 44.5 Å². The molecule has 1 aromatic heterocycles. The van der Waals surface area contributed by atoms with Crippen LogP contribution in [0.5, 0.6) is 0 Å². The average Bonchev–Trinajstić information content (AvgIpc) is 3.51. The lowest BCUT2D eigenvalue weighted by molar-refractivity contribution is -0.120. The molecule has 9 heteroatoms. The summed E-state index contributed by atoms with van der Waals surface area (Å²) in [5, 5.41) is 7.43. The number of nitrogens with one attached hydrogen (secondary N) is 2. The molecule has 2 amide bonds. The molecule has 1 fully saturated rings. The van der Waals surface area contributed by atoms with Crippen LogP contribution in [-0.2, 0) is 32.6 Å². The van der Waals surface area contributed by atoms with Crippen molar-refractivity contribution in [1.29, 1.82) is 0 Å². The number of fused-ring (bicyclic) bond motifs is 1. The van der Waals surface area contributed by atoms with Gasteiger partial charge in [-0.25, -0.2) is 8.42 Å². The van der Waals surface area contributed by atoms with E-state index in [0.717, 1.165) is 35.3 Å². The molecule has 0 saturated heterocycles. The number of thiophene rings is 1. The zero-order chi connectivity index (χ0) is 23.0. The molecule has 1 saturated carbocycles. The van der Waals surface area contributed by atoms with E-state index in [4.69, 9.17) is 0 Å². The maximum absolute atomic E-state index is 13.4. The lowest BCUT2D eigenvalue weighted by atomic mass is 9.95. The van der Waals surface area contributed by atoms with Crippen LogP contribution in [0, 0.1) is 5.92 Å². The summed E-state index contributed by atoms with van der Waals surface area (Å²) in [5.41, 5.74) is 2.95. The Morgan fingerprint density at radius 1 is 0.879 bits per heavy atom. The summed E-state index contributed by atoms with van der Waals surface area (Å²) in [6, 6.07) is 16.9. The highest BCUT2D eigenvalue weighted by atomic mass is 32.2. The molecule has 1 aliphatic heterocycles. The number of nitrogens with zero attached hydrogens (tertiary/aromatic N) is 1. The molecule has 2 N–H and O–H groups in total. The average molecular weight is 482 g/mol. The molecule has 0 bridgehead atoms. The van der Waals surface area contributed by atoms with Gasteiger partial charge in [0.25, 0.3) is 10.0 Å². The van der Waals surface area contributed by atoms with Gasteiger partial charge in [0.15, 0.2) is 0 Å². The van der Waals surface area contributed by atoms with Gasteiger partial charge in [-0.15, -0.1) is 11.3 Å². The van der Waals surface area contributed by atoms with Crippen molar-refractivity contribution in [2.45, 2.75) is 36.1 Å². The van der Waals surface area contributed by atoms with Crippen LogP contribution in [0.2, 0.25) is 0 Å². The van der Waals surface area contributed by atoms with E-state index in [2.05, 4.69) is 10.6 Å². The quantitative estimate of drug-likeness (QED) is 0.559. The van der Waals surface area contributed by atoms with Crippen molar-refractivity contribution in [2.24, 2.45) is 5.92 Å². The minimum atomic E-state index is -3.84. The van der Waals surface area contributed by atoms with Gasteiger partial charge in [0.2, 0.25) is 11.8 Å². The third kappa shape index (κ3) is 4.57. The summed E-state index contributed by atoms with van der Waals surface area (Å²) >= 11 is 1.14. The fourth-order valence-corrected chi connectivity index (χ4v) is 6.68. The summed E-state index contributed by atoms with van der Waals surface area (Å²) < 4.78 is 28.3. The number of amides is 2. The normalized spacial score (nSPS) is 18.4. The van der Waals surface area contributed by atoms with Crippen molar-refractivity contribution in [1.82, 2.24) is 4.31 Å². The van der Waals surface area contributed by atoms with Crippen molar-refractivity contribution in [2.75, 3.05) is 10.6 Å². The Morgan fingerprint density at radius 2 is 1.58 bits per heavy atom. The van der Waals surface area contributed by atoms with Crippen LogP contribution in [0.3, 0.4) is 0 Å². The second kappa shape index (κ2) is 8.74. The first-order valence-corrected chi connectivity index (χ1v) is 13.1. The van der Waals surface area contributed by atoms with E-state index in [1.807, 2.05) is 24.3 Å². The predicted octanol–water partition coefficient (Wildman–Crippen LogP) is 3.85. The minimum Gasteiger partial charge on any atom is -0.326 e. The van der Waals surface area contributed by atoms with Crippen LogP contribution in [-0.4, -0.2) is 30.6 Å². The zero-order valence-corrected chi connectivity index (χ0v) is 19.4. The van der Waals surface area contributed by atoms with E-state index in [1.54, 1.807) is 41.8 Å². The van der Waals surface area contributed by atoms with Crippen molar-refractivity contribution in [3.63, 3.8) is 0 Å². The second-order valence-corrected chi connectivity index (χ2v) is 11.4. The van der Waals surface area contributed by atoms with Crippen molar-refractivity contribution in [3.05, 3.63) is 77.2 Å². The smallest absolute Gasteiger partial charge is 0.253 e. The van der Waals surface area contributed by atoms with Crippen LogP contribution < -0.4 is 10.6 Å². The molecule has 2 heterocycles. The molecule has 7 nitrogen and oxygen atoms in total. The monoisotopic (exact) mass is 481 g/mol. The van der Waals surface area contributed by atoms with Gasteiger partial charge in [0, 0.05) is 23.8 Å². The van der Waals surface area contributed by atoms with Gasteiger partial charge in [0.05, 0.1) is 0 Å². The number of anilines is 2. The topological polar surface area (TPSA) is 95.6 Å². The third-order valence-corrected chi connectivity index (χ3v) is 9.14. The number of carbonyl (C=O) groups excluding carboxylic acids is 2. The Morgan fingerprint density at radius 3 is 2.24 bits per heavy atom. The SMILES string of the molecule is O=C(Nc1cccc(NC(=O)[C@@H]2Cc3ccccc3CN2S(=O)(=O)c2cccs2)c1)C1CC1. The molecule has 1 atom stereocenters. The van der Waals surface area contributed by atoms with Crippen molar-refractivity contribution < 1.29 is 18.0 Å². The standard InChI is InChI=1S/C24H23N3O4S2/c28-23(16-10-11-16)25-19-7-3-8-20(14-19)26-24(29)21-13-17-5-1-2-6-18(17)15-27(21)33(30,31)22-9-4-12-32-22/h1-9,12,14,16,21H,10-11,13,15H2,(H,25,28)(H,26,29)/t21-/m0/s1. The van der Waals surface area contributed by atoms with Gasteiger partial charge >= 0.3 is 0 Å². The van der Waals surface area contributed by atoms with Crippen LogP contribution in [0.15, 0.2) is 70.3 Å². The highest BCUT2D eigenvalue weighted by molar-refractivity contribution is 7.91. The maximum atomic E-state index is 13.4. The molecule has 0 unspecified atom stereocenters. The van der Waals surface area contributed by atoms with Gasteiger partial charge in [-0.05, 0) is 60.0 Å². The molecule has 170 valence electrons. The first-order chi connectivity index (χ1) is 15.9. The minimum absolute atomic E-state index is 0.0180. The number of rotatable bonds is 6. The summed E-state index contributed by atoms with van der Waals surface area (Å²) in [6.07, 6.45) is 2.09. The summed E-state index contributed by atoms with van der Waals surface area (Å²) in [4.78, 5) is 25.4. The first kappa shape index (κ1) is 21.8. The molecular formula is C24H23N3O4S2. The lowest BCUT2D eigenvalue weighted by Crippen LogP contribution is -2.50. The van der Waals surface area contributed by atoms with Gasteiger partial charge in [-0.1, -0.05) is 36.4 Å². The molecular weight excluding hydrogens is 458 g/mol. The largest absolute Gasteiger partial charge is 0.326 e. The predicted molar refractivity (Wildman–Crippen MR) is 127 cm³/mol. The molecule has 3 aromatic rings. The third-order valence-electron chi connectivity index (χ3n) is 5.91. The first-order valence-electron chi connectivity index (χ1n) is 10.8. The van der Waals surface area contributed by atoms with Gasteiger partial charge in [-0.2, -0.15) is 4.31 Å². The fourth-order valence-electron chi connectivity index (χ4n) is 3.99. The Bertz CT molecular complexity index is 1300. The fraction of sp³-hybridized carbons (Fsp3) is 0.250. The molecule has 2 aromatic carbocycles. The molecule has 0 spiro atoms. The number of carbonyl (C=O) groups is 2. The van der Waals surface area contributed by atoms with Crippen LogP contribution in [0.25, 0.3) is 0 Å². The van der Waals surface area contributed by atoms with E-state index in [0.29, 0.717) is 11.4 Å². The lowest BCUT2D eigenvalue weighted by Gasteiger charge is -2.34. The van der Waals surface area contributed by atoms with E-state index in [1.165, 1.54) is 4.31 Å². The Labute approximate surface area is 196 Å². The summed E-state index contributed by atoms with van der Waals surface area (Å²) in [7, 11) is -3.84. The maximum Gasteiger partial charge on any atom is 0.253 e. The Balaban J connectivity index is 1.41. The molecule has 5 rings (SSSR count). The molecule has 1 aliphatic carbocycles. The highest BCUT2D eigenvalue weighted by Gasteiger charge is 2.40. The number of benzene rings is 2. The zero-order valence-electron chi connectivity index (χ0n) is 17.7. The van der Waals surface area contributed by atoms with Gasteiger partial charge in [0.1, 0.15) is 10.3 Å². The van der Waals surface area contributed by atoms with Gasteiger partial charge < -0.3 is 10.6 Å². The number of sulfonamides is 1. The van der Waals surface area contributed by atoms with E-state index >= 15 is 0 Å². The van der Waals surface area contributed by atoms with Crippen LogP contribution >= 0.6 is 11.3 Å². The van der Waals surface area contributed by atoms with Crippen molar-refractivity contribution in [3.8, 4) is 0 Å². The molecule has 0 radical (unpaired) electrons. The molecule has 33 heavy (non-hydrogen) atoms. The highest BCUT2D eigenvalue weighted by Crippen LogP contribution is 2.32. The Kier molecular flexibility index (Phi) is 5.77. The summed E-state index contributed by atoms with van der Waals surface area (Å²) in [5.74, 6) is -0.354. The molecule has 2 aliphatic rings.